The molecule has 1 unspecified atom stereocenters. The molecule has 4 nitrogen and oxygen atoms in total. The summed E-state index contributed by atoms with van der Waals surface area (Å²) in [5, 5.41) is 0.683. The van der Waals surface area contributed by atoms with Crippen LogP contribution in [0.5, 0.6) is 0 Å². The van der Waals surface area contributed by atoms with E-state index in [1.165, 1.54) is 0 Å². The maximum Gasteiger partial charge on any atom is 0.227 e. The van der Waals surface area contributed by atoms with Gasteiger partial charge >= 0.3 is 0 Å². The number of para-hydroxylation sites is 2. The molecule has 0 spiro atoms. The number of nitrogens with zero attached hydrogens (tertiary/aromatic N) is 2. The molecule has 1 aliphatic rings. The van der Waals surface area contributed by atoms with Crippen LogP contribution in [-0.4, -0.2) is 22.4 Å². The number of imidazole rings is 1. The van der Waals surface area contributed by atoms with Crippen molar-refractivity contribution in [3.05, 3.63) is 58.9 Å². The van der Waals surface area contributed by atoms with E-state index in [9.17, 15) is 4.79 Å². The maximum absolute atomic E-state index is 12.4. The fourth-order valence-electron chi connectivity index (χ4n) is 3.06. The average molecular weight is 326 g/mol. The normalized spacial score (nSPS) is 18.1. The quantitative estimate of drug-likeness (QED) is 0.773. The average Bonchev–Trinajstić information content (AvgIpc) is 3.13. The minimum absolute atomic E-state index is 0.0787. The molecule has 0 aliphatic carbocycles. The molecule has 5 heteroatoms. The topological polar surface area (TPSA) is 49.0 Å². The van der Waals surface area contributed by atoms with E-state index < -0.39 is 0 Å². The van der Waals surface area contributed by atoms with Crippen LogP contribution in [0.2, 0.25) is 5.02 Å². The molecule has 2 heterocycles. The Morgan fingerprint density at radius 1 is 1.26 bits per heavy atom. The van der Waals surface area contributed by atoms with Crippen molar-refractivity contribution in [2.24, 2.45) is 0 Å². The number of aromatic nitrogens is 2. The highest BCUT2D eigenvalue weighted by Crippen LogP contribution is 2.33. The Morgan fingerprint density at radius 2 is 2.09 bits per heavy atom. The number of H-pyrrole nitrogens is 1. The van der Waals surface area contributed by atoms with Crippen molar-refractivity contribution in [1.82, 2.24) is 9.97 Å². The molecule has 1 atom stereocenters. The van der Waals surface area contributed by atoms with Gasteiger partial charge in [0.1, 0.15) is 5.82 Å². The van der Waals surface area contributed by atoms with Crippen molar-refractivity contribution in [3.63, 3.8) is 0 Å². The van der Waals surface area contributed by atoms with Crippen molar-refractivity contribution < 1.29 is 4.79 Å². The highest BCUT2D eigenvalue weighted by Gasteiger charge is 2.33. The third-order valence-electron chi connectivity index (χ3n) is 4.39. The number of nitrogens with one attached hydrogen (secondary N) is 1. The minimum Gasteiger partial charge on any atom is -0.342 e. The molecular formula is C18H16ClN3O. The number of amides is 1. The molecule has 1 saturated heterocycles. The van der Waals surface area contributed by atoms with Crippen molar-refractivity contribution in [2.45, 2.75) is 19.3 Å². The summed E-state index contributed by atoms with van der Waals surface area (Å²) in [6.45, 7) is 2.58. The first-order valence-electron chi connectivity index (χ1n) is 7.63. The molecule has 1 fully saturated rings. The van der Waals surface area contributed by atoms with Gasteiger partial charge in [0, 0.05) is 29.6 Å². The Hall–Kier alpha value is -2.33. The summed E-state index contributed by atoms with van der Waals surface area (Å²) in [7, 11) is 0. The number of hydrogen-bond acceptors (Lipinski definition) is 2. The molecule has 3 aromatic rings. The lowest BCUT2D eigenvalue weighted by Crippen LogP contribution is -2.24. The van der Waals surface area contributed by atoms with Gasteiger partial charge in [0.15, 0.2) is 0 Å². The number of fused-ring (bicyclic) bond motifs is 1. The Bertz CT molecular complexity index is 869. The molecule has 0 saturated carbocycles. The highest BCUT2D eigenvalue weighted by molar-refractivity contribution is 6.31. The molecule has 116 valence electrons. The fourth-order valence-corrected chi connectivity index (χ4v) is 3.23. The van der Waals surface area contributed by atoms with Crippen LogP contribution in [0.3, 0.4) is 0 Å². The van der Waals surface area contributed by atoms with Crippen LogP contribution in [0.1, 0.15) is 23.7 Å². The molecule has 4 rings (SSSR count). The van der Waals surface area contributed by atoms with Gasteiger partial charge in [-0.3, -0.25) is 4.79 Å². The van der Waals surface area contributed by atoms with Gasteiger partial charge in [0.05, 0.1) is 11.0 Å². The molecule has 23 heavy (non-hydrogen) atoms. The molecule has 1 aliphatic heterocycles. The van der Waals surface area contributed by atoms with Crippen molar-refractivity contribution in [1.29, 1.82) is 0 Å². The summed E-state index contributed by atoms with van der Waals surface area (Å²) >= 11 is 6.19. The van der Waals surface area contributed by atoms with Gasteiger partial charge in [0.2, 0.25) is 5.91 Å². The molecule has 1 aromatic heterocycles. The number of benzene rings is 2. The lowest BCUT2D eigenvalue weighted by molar-refractivity contribution is -0.117. The van der Waals surface area contributed by atoms with Gasteiger partial charge in [-0.15, -0.1) is 0 Å². The summed E-state index contributed by atoms with van der Waals surface area (Å²) < 4.78 is 0. The summed E-state index contributed by atoms with van der Waals surface area (Å²) in [6, 6.07) is 13.7. The smallest absolute Gasteiger partial charge is 0.227 e. The standard InChI is InChI=1S/C18H16ClN3O/c1-11-6-7-13(9-14(11)19)22-10-12(8-17(22)23)18-20-15-4-2-3-5-16(15)21-18/h2-7,9,12H,8,10H2,1H3,(H,20,21). The number of aromatic amines is 1. The maximum atomic E-state index is 12.4. The molecule has 2 aromatic carbocycles. The molecule has 0 radical (unpaired) electrons. The third kappa shape index (κ3) is 2.49. The van der Waals surface area contributed by atoms with E-state index in [1.54, 1.807) is 4.90 Å². The lowest BCUT2D eigenvalue weighted by Gasteiger charge is -2.17. The van der Waals surface area contributed by atoms with Gasteiger partial charge in [-0.2, -0.15) is 0 Å². The molecule has 0 bridgehead atoms. The van der Waals surface area contributed by atoms with Gasteiger partial charge in [0.25, 0.3) is 0 Å². The SMILES string of the molecule is Cc1ccc(N2CC(c3nc4ccccc4[nH]3)CC2=O)cc1Cl. The number of anilines is 1. The number of halogens is 1. The van der Waals surface area contributed by atoms with E-state index >= 15 is 0 Å². The van der Waals surface area contributed by atoms with Crippen LogP contribution >= 0.6 is 11.6 Å². The van der Waals surface area contributed by atoms with Crippen LogP contribution in [0.4, 0.5) is 5.69 Å². The summed E-state index contributed by atoms with van der Waals surface area (Å²) in [4.78, 5) is 22.2. The second-order valence-electron chi connectivity index (χ2n) is 5.98. The molecule has 1 N–H and O–H groups in total. The van der Waals surface area contributed by atoms with Crippen LogP contribution in [-0.2, 0) is 4.79 Å². The summed E-state index contributed by atoms with van der Waals surface area (Å²) in [6.07, 6.45) is 0.464. The number of hydrogen-bond donors (Lipinski definition) is 1. The Labute approximate surface area is 139 Å². The zero-order chi connectivity index (χ0) is 16.0. The Kier molecular flexibility index (Phi) is 3.34. The van der Waals surface area contributed by atoms with E-state index in [-0.39, 0.29) is 11.8 Å². The first kappa shape index (κ1) is 14.3. The number of aryl methyl sites for hydroxylation is 1. The molecule has 1 amide bonds. The van der Waals surface area contributed by atoms with Gasteiger partial charge in [-0.1, -0.05) is 29.8 Å². The second kappa shape index (κ2) is 5.39. The monoisotopic (exact) mass is 325 g/mol. The number of carbonyl (C=O) groups is 1. The van der Waals surface area contributed by atoms with Crippen molar-refractivity contribution in [2.75, 3.05) is 11.4 Å². The zero-order valence-electron chi connectivity index (χ0n) is 12.7. The van der Waals surface area contributed by atoms with E-state index in [4.69, 9.17) is 11.6 Å². The Balaban J connectivity index is 1.63. The van der Waals surface area contributed by atoms with Crippen LogP contribution < -0.4 is 4.90 Å². The second-order valence-corrected chi connectivity index (χ2v) is 6.39. The number of carbonyl (C=O) groups excluding carboxylic acids is 1. The minimum atomic E-state index is 0.0787. The first-order valence-corrected chi connectivity index (χ1v) is 8.01. The fraction of sp³-hybridized carbons (Fsp3) is 0.222. The first-order chi connectivity index (χ1) is 11.1. The van der Waals surface area contributed by atoms with E-state index in [0.717, 1.165) is 28.1 Å². The van der Waals surface area contributed by atoms with E-state index in [0.29, 0.717) is 18.0 Å². The predicted molar refractivity (Wildman–Crippen MR) is 92.0 cm³/mol. The lowest BCUT2D eigenvalue weighted by atomic mass is 10.1. The third-order valence-corrected chi connectivity index (χ3v) is 4.79. The van der Waals surface area contributed by atoms with Gasteiger partial charge in [-0.25, -0.2) is 4.98 Å². The van der Waals surface area contributed by atoms with Crippen LogP contribution in [0.25, 0.3) is 11.0 Å². The van der Waals surface area contributed by atoms with Crippen molar-refractivity contribution >= 4 is 34.2 Å². The van der Waals surface area contributed by atoms with Crippen LogP contribution in [0.15, 0.2) is 42.5 Å². The van der Waals surface area contributed by atoms with E-state index in [2.05, 4.69) is 9.97 Å². The van der Waals surface area contributed by atoms with Crippen molar-refractivity contribution in [3.8, 4) is 0 Å². The van der Waals surface area contributed by atoms with Gasteiger partial charge in [-0.05, 0) is 36.8 Å². The summed E-state index contributed by atoms with van der Waals surface area (Å²) in [5.74, 6) is 1.06. The predicted octanol–water partition coefficient (Wildman–Crippen LogP) is 4.05. The molecular weight excluding hydrogens is 310 g/mol. The zero-order valence-corrected chi connectivity index (χ0v) is 13.5. The number of rotatable bonds is 2. The Morgan fingerprint density at radius 3 is 2.87 bits per heavy atom. The van der Waals surface area contributed by atoms with E-state index in [1.807, 2.05) is 49.4 Å². The summed E-state index contributed by atoms with van der Waals surface area (Å²) in [5.41, 5.74) is 3.80. The highest BCUT2D eigenvalue weighted by atomic mass is 35.5. The van der Waals surface area contributed by atoms with Crippen LogP contribution in [0, 0.1) is 6.92 Å². The largest absolute Gasteiger partial charge is 0.342 e. The van der Waals surface area contributed by atoms with Gasteiger partial charge < -0.3 is 9.88 Å².